The molecule has 0 fully saturated rings. The molecule has 3 rings (SSSR count). The molecule has 0 aliphatic rings. The first-order valence-corrected chi connectivity index (χ1v) is 22.5. The van der Waals surface area contributed by atoms with Crippen molar-refractivity contribution in [2.24, 2.45) is 0 Å². The smallest absolute Gasteiger partial charge is 0.329 e. The number of nitrogens with one attached hydrogen (secondary N) is 4. The van der Waals surface area contributed by atoms with E-state index in [1.807, 2.05) is 67.6 Å². The second-order valence-electron chi connectivity index (χ2n) is 15.7. The van der Waals surface area contributed by atoms with Crippen molar-refractivity contribution in [2.75, 3.05) is 23.8 Å². The monoisotopic (exact) mass is 813 g/mol. The number of unbranched alkanes of at least 4 members (excludes halogenated alkanes) is 16. The van der Waals surface area contributed by atoms with Crippen molar-refractivity contribution in [1.82, 2.24) is 10.6 Å². The van der Waals surface area contributed by atoms with Crippen LogP contribution in [0.4, 0.5) is 21.0 Å². The summed E-state index contributed by atoms with van der Waals surface area (Å²) in [6.07, 6.45) is 21.5. The summed E-state index contributed by atoms with van der Waals surface area (Å²) in [5.74, 6) is -0.965. The molecule has 4 amide bonds. The van der Waals surface area contributed by atoms with Gasteiger partial charge in [-0.3, -0.25) is 0 Å². The van der Waals surface area contributed by atoms with Crippen LogP contribution in [0.2, 0.25) is 0 Å². The Balaban J connectivity index is 1.53. The molecule has 2 atom stereocenters. The summed E-state index contributed by atoms with van der Waals surface area (Å²) in [4.78, 5) is 53.2. The highest BCUT2D eigenvalue weighted by atomic mass is 16.5. The summed E-state index contributed by atoms with van der Waals surface area (Å²) < 4.78 is 11.3. The van der Waals surface area contributed by atoms with E-state index in [2.05, 4.69) is 35.1 Å². The first-order valence-electron chi connectivity index (χ1n) is 22.5. The summed E-state index contributed by atoms with van der Waals surface area (Å²) in [5.41, 5.74) is 3.39. The number of carbonyl (C=O) groups excluding carboxylic acids is 4. The molecule has 0 spiro atoms. The van der Waals surface area contributed by atoms with E-state index in [9.17, 15) is 19.2 Å². The van der Waals surface area contributed by atoms with Crippen LogP contribution < -0.4 is 21.3 Å². The third kappa shape index (κ3) is 21.6. The fourth-order valence-electron chi connectivity index (χ4n) is 6.93. The molecule has 3 aromatic carbocycles. The topological polar surface area (TPSA) is 135 Å². The van der Waals surface area contributed by atoms with Gasteiger partial charge in [0, 0.05) is 24.2 Å². The predicted octanol–water partition coefficient (Wildman–Crippen LogP) is 11.6. The van der Waals surface area contributed by atoms with E-state index in [0.717, 1.165) is 55.2 Å². The van der Waals surface area contributed by atoms with Gasteiger partial charge in [-0.2, -0.15) is 0 Å². The second-order valence-corrected chi connectivity index (χ2v) is 15.7. The Labute approximate surface area is 354 Å². The van der Waals surface area contributed by atoms with Crippen molar-refractivity contribution in [3.05, 3.63) is 95.6 Å². The van der Waals surface area contributed by atoms with Crippen LogP contribution in [0.5, 0.6) is 0 Å². The summed E-state index contributed by atoms with van der Waals surface area (Å²) in [6, 6.07) is 21.2. The lowest BCUT2D eigenvalue weighted by Crippen LogP contribution is -2.45. The zero-order valence-corrected chi connectivity index (χ0v) is 36.2. The molecule has 0 aromatic heterocycles. The van der Waals surface area contributed by atoms with Gasteiger partial charge in [-0.1, -0.05) is 183 Å². The van der Waals surface area contributed by atoms with Crippen molar-refractivity contribution in [3.63, 3.8) is 0 Å². The van der Waals surface area contributed by atoms with Crippen LogP contribution >= 0.6 is 0 Å². The Morgan fingerprint density at radius 2 is 0.881 bits per heavy atom. The quantitative estimate of drug-likeness (QED) is 0.0391. The number of anilines is 2. The molecular formula is C49H72N4O6. The lowest BCUT2D eigenvalue weighted by atomic mass is 10.1. The number of aryl methyl sites for hydroxylation is 1. The Hall–Kier alpha value is -4.86. The van der Waals surface area contributed by atoms with Crippen LogP contribution in [0, 0.1) is 6.92 Å². The molecule has 0 radical (unpaired) electrons. The van der Waals surface area contributed by atoms with Crippen LogP contribution in [0.25, 0.3) is 0 Å². The normalized spacial score (nSPS) is 11.9. The number of hydrogen-bond acceptors (Lipinski definition) is 6. The Morgan fingerprint density at radius 1 is 0.492 bits per heavy atom. The van der Waals surface area contributed by atoms with Gasteiger partial charge in [0.2, 0.25) is 0 Å². The predicted molar refractivity (Wildman–Crippen MR) is 240 cm³/mol. The molecule has 0 aliphatic carbocycles. The first-order chi connectivity index (χ1) is 28.8. The average molecular weight is 813 g/mol. The standard InChI is InChI=1S/C49H72N4O6/c1-4-6-8-10-12-14-16-18-26-34-58-46(54)44(36-40-28-22-20-23-29-40)52-48(56)50-42-33-32-39(3)43(38-42)51-49(57)53-45(37-41-30-24-21-25-31-41)47(55)59-35-27-19-17-15-13-11-9-7-5-2/h20-25,28-33,38,44-45H,4-19,26-27,34-37H2,1-3H3,(H2,50,52,56)(H2,51,53,57). The number of benzene rings is 3. The van der Waals surface area contributed by atoms with Gasteiger partial charge in [-0.25, -0.2) is 19.2 Å². The summed E-state index contributed by atoms with van der Waals surface area (Å²) >= 11 is 0. The fourth-order valence-corrected chi connectivity index (χ4v) is 6.93. The number of hydrogen-bond donors (Lipinski definition) is 4. The molecule has 2 unspecified atom stereocenters. The third-order valence-corrected chi connectivity index (χ3v) is 10.5. The van der Waals surface area contributed by atoms with Crippen molar-refractivity contribution >= 4 is 35.4 Å². The highest BCUT2D eigenvalue weighted by Crippen LogP contribution is 2.21. The Kier molecular flexibility index (Phi) is 24.8. The van der Waals surface area contributed by atoms with E-state index in [-0.39, 0.29) is 12.8 Å². The minimum atomic E-state index is -0.898. The molecule has 0 saturated carbocycles. The van der Waals surface area contributed by atoms with Crippen LogP contribution in [0.3, 0.4) is 0 Å². The summed E-state index contributed by atoms with van der Waals surface area (Å²) in [6.45, 7) is 6.89. The van der Waals surface area contributed by atoms with Crippen LogP contribution in [-0.2, 0) is 31.9 Å². The van der Waals surface area contributed by atoms with Gasteiger partial charge in [-0.05, 0) is 48.6 Å². The van der Waals surface area contributed by atoms with E-state index >= 15 is 0 Å². The van der Waals surface area contributed by atoms with Crippen molar-refractivity contribution in [2.45, 2.75) is 161 Å². The maximum Gasteiger partial charge on any atom is 0.329 e. The largest absolute Gasteiger partial charge is 0.464 e. The van der Waals surface area contributed by atoms with Crippen LogP contribution in [0.1, 0.15) is 146 Å². The van der Waals surface area contributed by atoms with E-state index in [1.165, 1.54) is 77.0 Å². The van der Waals surface area contributed by atoms with Crippen molar-refractivity contribution < 1.29 is 28.7 Å². The molecule has 0 saturated heterocycles. The molecule has 0 bridgehead atoms. The van der Waals surface area contributed by atoms with E-state index in [1.54, 1.807) is 18.2 Å². The maximum atomic E-state index is 13.4. The Morgan fingerprint density at radius 3 is 1.31 bits per heavy atom. The van der Waals surface area contributed by atoms with Gasteiger partial charge in [0.05, 0.1) is 13.2 Å². The molecular weight excluding hydrogens is 741 g/mol. The van der Waals surface area contributed by atoms with Gasteiger partial charge in [0.25, 0.3) is 0 Å². The third-order valence-electron chi connectivity index (χ3n) is 10.5. The zero-order valence-electron chi connectivity index (χ0n) is 36.2. The fraction of sp³-hybridized carbons (Fsp3) is 0.551. The van der Waals surface area contributed by atoms with Crippen molar-refractivity contribution in [3.8, 4) is 0 Å². The maximum absolute atomic E-state index is 13.4. The van der Waals surface area contributed by atoms with Gasteiger partial charge in [0.15, 0.2) is 0 Å². The number of amides is 4. The number of rotatable bonds is 30. The molecule has 10 nitrogen and oxygen atoms in total. The highest BCUT2D eigenvalue weighted by molar-refractivity contribution is 5.96. The number of esters is 2. The minimum Gasteiger partial charge on any atom is -0.464 e. The highest BCUT2D eigenvalue weighted by Gasteiger charge is 2.25. The minimum absolute atomic E-state index is 0.275. The molecule has 10 heteroatoms. The molecule has 324 valence electrons. The zero-order chi connectivity index (χ0) is 42.3. The lowest BCUT2D eigenvalue weighted by Gasteiger charge is -2.20. The number of carbonyl (C=O) groups is 4. The van der Waals surface area contributed by atoms with Crippen LogP contribution in [-0.4, -0.2) is 49.3 Å². The summed E-state index contributed by atoms with van der Waals surface area (Å²) in [7, 11) is 0. The van der Waals surface area contributed by atoms with Gasteiger partial charge in [-0.15, -0.1) is 0 Å². The van der Waals surface area contributed by atoms with E-state index in [4.69, 9.17) is 9.47 Å². The van der Waals surface area contributed by atoms with Gasteiger partial charge in [0.1, 0.15) is 12.1 Å². The van der Waals surface area contributed by atoms with Gasteiger partial charge >= 0.3 is 24.0 Å². The number of ether oxygens (including phenoxy) is 2. The SMILES string of the molecule is CCCCCCCCCCCOC(=O)C(Cc1ccccc1)NC(=O)Nc1ccc(C)c(NC(=O)NC(Cc2ccccc2)C(=O)OCCCCCCCCCCC)c1. The molecule has 59 heavy (non-hydrogen) atoms. The Bertz CT molecular complexity index is 1620. The second kappa shape index (κ2) is 30.2. The van der Waals surface area contributed by atoms with E-state index in [0.29, 0.717) is 24.6 Å². The van der Waals surface area contributed by atoms with Gasteiger partial charge < -0.3 is 30.7 Å². The molecule has 4 N–H and O–H groups in total. The first kappa shape index (κ1) is 48.5. The van der Waals surface area contributed by atoms with Crippen molar-refractivity contribution in [1.29, 1.82) is 0 Å². The lowest BCUT2D eigenvalue weighted by molar-refractivity contribution is -0.146. The molecule has 0 heterocycles. The van der Waals surface area contributed by atoms with Crippen LogP contribution in [0.15, 0.2) is 78.9 Å². The molecule has 0 aliphatic heterocycles. The average Bonchev–Trinajstić information content (AvgIpc) is 3.23. The van der Waals surface area contributed by atoms with E-state index < -0.39 is 36.1 Å². The summed E-state index contributed by atoms with van der Waals surface area (Å²) in [5, 5.41) is 11.3. The number of urea groups is 2. The molecule has 3 aromatic rings.